The molecule has 0 aliphatic heterocycles. The molecule has 0 amide bonds. The lowest BCUT2D eigenvalue weighted by Gasteiger charge is -2.11. The van der Waals surface area contributed by atoms with E-state index in [2.05, 4.69) is 12.1 Å². The van der Waals surface area contributed by atoms with E-state index in [4.69, 9.17) is 4.84 Å². The summed E-state index contributed by atoms with van der Waals surface area (Å²) in [6.07, 6.45) is 0.884. The second-order valence-electron chi connectivity index (χ2n) is 4.16. The largest absolute Gasteiger partial charge is 0.391 e. The Kier molecular flexibility index (Phi) is 4.88. The van der Waals surface area contributed by atoms with E-state index in [1.54, 1.807) is 6.92 Å². The lowest BCUT2D eigenvalue weighted by atomic mass is 9.98. The van der Waals surface area contributed by atoms with Crippen molar-refractivity contribution in [3.05, 3.63) is 34.9 Å². The number of hydrogen-bond acceptors (Lipinski definition) is 3. The van der Waals surface area contributed by atoms with Gasteiger partial charge in [0.1, 0.15) is 6.61 Å². The van der Waals surface area contributed by atoms with Gasteiger partial charge in [-0.3, -0.25) is 4.79 Å². The van der Waals surface area contributed by atoms with E-state index in [0.717, 1.165) is 28.8 Å². The van der Waals surface area contributed by atoms with Crippen LogP contribution in [0, 0.1) is 0 Å². The Hall–Kier alpha value is -1.64. The van der Waals surface area contributed by atoms with Gasteiger partial charge in [0.05, 0.1) is 5.71 Å². The molecule has 0 saturated carbocycles. The first-order valence-electron chi connectivity index (χ1n) is 5.81. The van der Waals surface area contributed by atoms with Gasteiger partial charge in [0, 0.05) is 11.1 Å². The fraction of sp³-hybridized carbons (Fsp3) is 0.429. The highest BCUT2D eigenvalue weighted by molar-refractivity contribution is 5.95. The van der Waals surface area contributed by atoms with Crippen molar-refractivity contribution in [2.45, 2.75) is 40.7 Å². The number of rotatable bonds is 5. The van der Waals surface area contributed by atoms with Crippen LogP contribution in [0.3, 0.4) is 0 Å². The summed E-state index contributed by atoms with van der Waals surface area (Å²) in [6, 6.07) is 5.77. The zero-order valence-electron chi connectivity index (χ0n) is 10.9. The summed E-state index contributed by atoms with van der Waals surface area (Å²) in [5.74, 6) is 0.0658. The number of oxime groups is 1. The molecule has 0 aromatic heterocycles. The minimum Gasteiger partial charge on any atom is -0.391 e. The Morgan fingerprint density at radius 1 is 1.29 bits per heavy atom. The molecule has 3 nitrogen and oxygen atoms in total. The fourth-order valence-electron chi connectivity index (χ4n) is 1.69. The zero-order valence-corrected chi connectivity index (χ0v) is 10.9. The molecule has 92 valence electrons. The third kappa shape index (κ3) is 3.70. The number of carbonyl (C=O) groups is 1. The highest BCUT2D eigenvalue weighted by atomic mass is 16.6. The maximum absolute atomic E-state index is 11.5. The minimum absolute atomic E-state index is 0.0658. The predicted molar refractivity (Wildman–Crippen MR) is 69.4 cm³/mol. The number of nitrogens with zero attached hydrogens (tertiary/aromatic N) is 1. The lowest BCUT2D eigenvalue weighted by Crippen LogP contribution is -2.04. The van der Waals surface area contributed by atoms with Gasteiger partial charge in [-0.2, -0.15) is 0 Å². The summed E-state index contributed by atoms with van der Waals surface area (Å²) in [5, 5.41) is 3.90. The monoisotopic (exact) mass is 233 g/mol. The SMILES string of the molecule is CCc1cccc(C(C)=O)c1CON=C(C)C. The van der Waals surface area contributed by atoms with Gasteiger partial charge in [-0.15, -0.1) is 0 Å². The first-order chi connectivity index (χ1) is 8.06. The standard InChI is InChI=1S/C14H19NO2/c1-5-12-7-6-8-13(11(4)16)14(12)9-17-15-10(2)3/h6-8H,5,9H2,1-4H3. The fourth-order valence-corrected chi connectivity index (χ4v) is 1.69. The molecule has 3 heteroatoms. The number of Topliss-reactive ketones (excluding diaryl/α,β-unsaturated/α-hetero) is 1. The van der Waals surface area contributed by atoms with Crippen LogP contribution < -0.4 is 0 Å². The van der Waals surface area contributed by atoms with Crippen LogP contribution in [0.2, 0.25) is 0 Å². The van der Waals surface area contributed by atoms with Gasteiger partial charge in [0.15, 0.2) is 5.78 Å². The van der Waals surface area contributed by atoms with Gasteiger partial charge >= 0.3 is 0 Å². The maximum Gasteiger partial charge on any atom is 0.160 e. The molecule has 0 atom stereocenters. The summed E-state index contributed by atoms with van der Waals surface area (Å²) in [7, 11) is 0. The van der Waals surface area contributed by atoms with E-state index in [0.29, 0.717) is 6.61 Å². The highest BCUT2D eigenvalue weighted by Gasteiger charge is 2.11. The van der Waals surface area contributed by atoms with Crippen LogP contribution in [0.5, 0.6) is 0 Å². The van der Waals surface area contributed by atoms with Gasteiger partial charge in [-0.05, 0) is 32.8 Å². The van der Waals surface area contributed by atoms with Crippen molar-refractivity contribution in [3.63, 3.8) is 0 Å². The summed E-state index contributed by atoms with van der Waals surface area (Å²) >= 11 is 0. The van der Waals surface area contributed by atoms with Crippen LogP contribution in [-0.4, -0.2) is 11.5 Å². The van der Waals surface area contributed by atoms with E-state index in [9.17, 15) is 4.79 Å². The first-order valence-corrected chi connectivity index (χ1v) is 5.81. The predicted octanol–water partition coefficient (Wildman–Crippen LogP) is 3.36. The quantitative estimate of drug-likeness (QED) is 0.444. The smallest absolute Gasteiger partial charge is 0.160 e. The van der Waals surface area contributed by atoms with Crippen LogP contribution >= 0.6 is 0 Å². The molecule has 1 aromatic rings. The number of hydrogen-bond donors (Lipinski definition) is 0. The normalized spacial score (nSPS) is 9.88. The van der Waals surface area contributed by atoms with Crippen molar-refractivity contribution < 1.29 is 9.63 Å². The minimum atomic E-state index is 0.0658. The molecule has 1 rings (SSSR count). The van der Waals surface area contributed by atoms with Gasteiger partial charge in [0.2, 0.25) is 0 Å². The third-order valence-electron chi connectivity index (χ3n) is 2.49. The van der Waals surface area contributed by atoms with E-state index >= 15 is 0 Å². The van der Waals surface area contributed by atoms with Crippen LogP contribution in [0.15, 0.2) is 23.4 Å². The van der Waals surface area contributed by atoms with E-state index < -0.39 is 0 Å². The summed E-state index contributed by atoms with van der Waals surface area (Å²) in [4.78, 5) is 16.8. The molecule has 0 unspecified atom stereocenters. The van der Waals surface area contributed by atoms with E-state index in [1.165, 1.54) is 0 Å². The van der Waals surface area contributed by atoms with Crippen LogP contribution in [-0.2, 0) is 17.9 Å². The second-order valence-corrected chi connectivity index (χ2v) is 4.16. The molecule has 1 aromatic carbocycles. The Bertz CT molecular complexity index is 432. The van der Waals surface area contributed by atoms with Crippen molar-refractivity contribution in [1.29, 1.82) is 0 Å². The Balaban J connectivity index is 3.01. The highest BCUT2D eigenvalue weighted by Crippen LogP contribution is 2.17. The molecule has 0 spiro atoms. The van der Waals surface area contributed by atoms with Gasteiger partial charge < -0.3 is 4.84 Å². The average molecular weight is 233 g/mol. The van der Waals surface area contributed by atoms with Crippen molar-refractivity contribution in [2.75, 3.05) is 0 Å². The Labute approximate surface area is 102 Å². The number of ketones is 1. The average Bonchev–Trinajstić information content (AvgIpc) is 2.28. The summed E-state index contributed by atoms with van der Waals surface area (Å²) in [6.45, 7) is 7.74. The first kappa shape index (κ1) is 13.4. The van der Waals surface area contributed by atoms with Crippen molar-refractivity contribution in [2.24, 2.45) is 5.16 Å². The molecule has 0 fully saturated rings. The van der Waals surface area contributed by atoms with E-state index in [-0.39, 0.29) is 5.78 Å². The molecule has 17 heavy (non-hydrogen) atoms. The molecular weight excluding hydrogens is 214 g/mol. The second kappa shape index (κ2) is 6.18. The summed E-state index contributed by atoms with van der Waals surface area (Å²) < 4.78 is 0. The maximum atomic E-state index is 11.5. The zero-order chi connectivity index (χ0) is 12.8. The lowest BCUT2D eigenvalue weighted by molar-refractivity contribution is 0.100. The van der Waals surface area contributed by atoms with Crippen LogP contribution in [0.4, 0.5) is 0 Å². The molecule has 0 saturated heterocycles. The molecule has 0 bridgehead atoms. The van der Waals surface area contributed by atoms with Gasteiger partial charge in [0.25, 0.3) is 0 Å². The molecule has 0 heterocycles. The molecule has 0 N–H and O–H groups in total. The van der Waals surface area contributed by atoms with Crippen LogP contribution in [0.25, 0.3) is 0 Å². The Morgan fingerprint density at radius 2 is 2.00 bits per heavy atom. The van der Waals surface area contributed by atoms with Crippen LogP contribution in [0.1, 0.15) is 49.2 Å². The van der Waals surface area contributed by atoms with Gasteiger partial charge in [-0.25, -0.2) is 0 Å². The van der Waals surface area contributed by atoms with Gasteiger partial charge in [-0.1, -0.05) is 30.3 Å². The topological polar surface area (TPSA) is 38.7 Å². The number of benzene rings is 1. The van der Waals surface area contributed by atoms with Crippen molar-refractivity contribution in [1.82, 2.24) is 0 Å². The number of aryl methyl sites for hydroxylation is 1. The third-order valence-corrected chi connectivity index (χ3v) is 2.49. The molecule has 0 radical (unpaired) electrons. The summed E-state index contributed by atoms with van der Waals surface area (Å²) in [5.41, 5.74) is 3.69. The molecule has 0 aliphatic carbocycles. The molecular formula is C14H19NO2. The van der Waals surface area contributed by atoms with Crippen molar-refractivity contribution in [3.8, 4) is 0 Å². The van der Waals surface area contributed by atoms with Crippen molar-refractivity contribution >= 4 is 11.5 Å². The van der Waals surface area contributed by atoms with E-state index in [1.807, 2.05) is 32.0 Å². The molecule has 0 aliphatic rings. The Morgan fingerprint density at radius 3 is 2.53 bits per heavy atom. The number of carbonyl (C=O) groups excluding carboxylic acids is 1.